The van der Waals surface area contributed by atoms with E-state index in [0.29, 0.717) is 12.0 Å². The van der Waals surface area contributed by atoms with Crippen molar-refractivity contribution in [3.05, 3.63) is 48.0 Å². The Bertz CT molecular complexity index is 990. The molecule has 2 saturated carbocycles. The molecule has 0 bridgehead atoms. The first kappa shape index (κ1) is 25.3. The number of piperidine rings is 1. The highest BCUT2D eigenvalue weighted by Gasteiger charge is 2.38. The van der Waals surface area contributed by atoms with Gasteiger partial charge in [0, 0.05) is 43.8 Å². The Balaban J connectivity index is 1.19. The van der Waals surface area contributed by atoms with Gasteiger partial charge in [-0.25, -0.2) is 18.4 Å². The van der Waals surface area contributed by atoms with Crippen LogP contribution in [0.15, 0.2) is 36.7 Å². The number of hydrogen-bond acceptors (Lipinski definition) is 4. The van der Waals surface area contributed by atoms with E-state index in [1.807, 2.05) is 30.3 Å². The molecule has 1 unspecified atom stereocenters. The fourth-order valence-electron chi connectivity index (χ4n) is 6.12. The second kappa shape index (κ2) is 11.0. The maximum atomic E-state index is 13.6. The summed E-state index contributed by atoms with van der Waals surface area (Å²) in [6.45, 7) is 4.21. The largest absolute Gasteiger partial charge is 0.349 e. The number of likely N-dealkylation sites (tertiary alicyclic amines) is 1. The Morgan fingerprint density at radius 3 is 2.42 bits per heavy atom. The third-order valence-electron chi connectivity index (χ3n) is 8.72. The minimum Gasteiger partial charge on any atom is -0.349 e. The number of rotatable bonds is 8. The van der Waals surface area contributed by atoms with Gasteiger partial charge in [-0.1, -0.05) is 36.8 Å². The van der Waals surface area contributed by atoms with Crippen molar-refractivity contribution in [2.75, 3.05) is 13.1 Å². The van der Waals surface area contributed by atoms with E-state index in [1.54, 1.807) is 6.33 Å². The van der Waals surface area contributed by atoms with Crippen molar-refractivity contribution in [2.45, 2.75) is 101 Å². The number of alkyl halides is 2. The molecule has 0 radical (unpaired) electrons. The summed E-state index contributed by atoms with van der Waals surface area (Å²) in [5.41, 5.74) is 1.07. The minimum absolute atomic E-state index is 0.0834. The summed E-state index contributed by atoms with van der Waals surface area (Å²) < 4.78 is 29.4. The van der Waals surface area contributed by atoms with E-state index in [-0.39, 0.29) is 49.6 Å². The minimum atomic E-state index is -2.62. The van der Waals surface area contributed by atoms with Crippen LogP contribution in [0.2, 0.25) is 0 Å². The first-order valence-corrected chi connectivity index (χ1v) is 13.8. The van der Waals surface area contributed by atoms with Crippen LogP contribution in [0.1, 0.15) is 101 Å². The van der Waals surface area contributed by atoms with E-state index in [2.05, 4.69) is 31.9 Å². The van der Waals surface area contributed by atoms with Gasteiger partial charge in [-0.2, -0.15) is 5.10 Å². The normalized spacial score (nSPS) is 23.6. The molecule has 6 nitrogen and oxygen atoms in total. The summed E-state index contributed by atoms with van der Waals surface area (Å²) in [4.78, 5) is 20.1. The molecule has 2 heterocycles. The molecule has 36 heavy (non-hydrogen) atoms. The van der Waals surface area contributed by atoms with Crippen LogP contribution in [-0.2, 0) is 4.79 Å². The molecular weight excluding hydrogens is 460 g/mol. The summed E-state index contributed by atoms with van der Waals surface area (Å²) in [5.74, 6) is -1.29. The van der Waals surface area contributed by atoms with E-state index < -0.39 is 5.92 Å². The second-order valence-corrected chi connectivity index (χ2v) is 11.1. The Morgan fingerprint density at radius 1 is 1.08 bits per heavy atom. The van der Waals surface area contributed by atoms with Gasteiger partial charge in [0.25, 0.3) is 0 Å². The zero-order valence-electron chi connectivity index (χ0n) is 21.3. The molecule has 1 aromatic carbocycles. The highest BCUT2D eigenvalue weighted by Crippen LogP contribution is 2.38. The SMILES string of the molecule is CC(C[C@H](NC(=O)C1CCC(F)(F)CC1)c1ccccc1)N1CCC(n2ncnc2C2CCC2)CC1. The quantitative estimate of drug-likeness (QED) is 0.510. The fourth-order valence-corrected chi connectivity index (χ4v) is 6.12. The molecule has 1 aliphatic heterocycles. The Labute approximate surface area is 212 Å². The summed E-state index contributed by atoms with van der Waals surface area (Å²) >= 11 is 0. The summed E-state index contributed by atoms with van der Waals surface area (Å²) in [5, 5.41) is 7.81. The number of nitrogens with one attached hydrogen (secondary N) is 1. The number of aromatic nitrogens is 3. The van der Waals surface area contributed by atoms with Gasteiger partial charge < -0.3 is 10.2 Å². The standard InChI is InChI=1S/C28H39F2N5O/c1-20(34-16-12-24(13-17-34)35-26(31-19-32-35)22-8-5-9-22)18-25(21-6-3-2-4-7-21)33-27(36)23-10-14-28(29,30)15-11-23/h2-4,6-7,19-20,22-25H,5,8-18H2,1H3,(H,33,36)/t20?,25-/m0/s1. The lowest BCUT2D eigenvalue weighted by atomic mass is 9.84. The number of amides is 1. The van der Waals surface area contributed by atoms with Crippen molar-refractivity contribution >= 4 is 5.91 Å². The van der Waals surface area contributed by atoms with Crippen molar-refractivity contribution in [1.29, 1.82) is 0 Å². The van der Waals surface area contributed by atoms with Crippen molar-refractivity contribution in [3.8, 4) is 0 Å². The van der Waals surface area contributed by atoms with E-state index in [9.17, 15) is 13.6 Å². The molecule has 196 valence electrons. The van der Waals surface area contributed by atoms with Crippen LogP contribution >= 0.6 is 0 Å². The lowest BCUT2D eigenvalue weighted by Crippen LogP contribution is -2.44. The zero-order chi connectivity index (χ0) is 25.1. The highest BCUT2D eigenvalue weighted by atomic mass is 19.3. The Morgan fingerprint density at radius 2 is 1.78 bits per heavy atom. The van der Waals surface area contributed by atoms with Crippen molar-refractivity contribution in [3.63, 3.8) is 0 Å². The van der Waals surface area contributed by atoms with Crippen LogP contribution < -0.4 is 5.32 Å². The van der Waals surface area contributed by atoms with Gasteiger partial charge in [0.2, 0.25) is 11.8 Å². The first-order valence-electron chi connectivity index (χ1n) is 13.8. The van der Waals surface area contributed by atoms with Crippen LogP contribution in [0.3, 0.4) is 0 Å². The summed E-state index contributed by atoms with van der Waals surface area (Å²) in [7, 11) is 0. The molecule has 1 saturated heterocycles. The van der Waals surface area contributed by atoms with Gasteiger partial charge in [0.15, 0.2) is 0 Å². The smallest absolute Gasteiger partial charge is 0.248 e. The molecular formula is C28H39F2N5O. The van der Waals surface area contributed by atoms with Gasteiger partial charge >= 0.3 is 0 Å². The molecule has 3 aliphatic rings. The number of hydrogen-bond donors (Lipinski definition) is 1. The topological polar surface area (TPSA) is 63.1 Å². The van der Waals surface area contributed by atoms with Gasteiger partial charge in [0.05, 0.1) is 12.1 Å². The maximum Gasteiger partial charge on any atom is 0.248 e. The summed E-state index contributed by atoms with van der Waals surface area (Å²) in [6, 6.07) is 10.6. The fraction of sp³-hybridized carbons (Fsp3) is 0.679. The number of carbonyl (C=O) groups excluding carboxylic acids is 1. The van der Waals surface area contributed by atoms with Gasteiger partial charge in [0.1, 0.15) is 12.2 Å². The Kier molecular flexibility index (Phi) is 7.70. The van der Waals surface area contributed by atoms with Gasteiger partial charge in [-0.15, -0.1) is 0 Å². The molecule has 1 amide bonds. The lowest BCUT2D eigenvalue weighted by Gasteiger charge is -2.38. The van der Waals surface area contributed by atoms with Crippen LogP contribution in [0.4, 0.5) is 8.78 Å². The van der Waals surface area contributed by atoms with Crippen LogP contribution in [-0.4, -0.2) is 50.6 Å². The number of benzene rings is 1. The summed E-state index contributed by atoms with van der Waals surface area (Å²) in [6.07, 6.45) is 8.47. The molecule has 1 N–H and O–H groups in total. The zero-order valence-corrected chi connectivity index (χ0v) is 21.3. The van der Waals surface area contributed by atoms with E-state index in [4.69, 9.17) is 0 Å². The molecule has 3 fully saturated rings. The predicted molar refractivity (Wildman–Crippen MR) is 135 cm³/mol. The molecule has 5 rings (SSSR count). The maximum absolute atomic E-state index is 13.6. The number of carbonyl (C=O) groups is 1. The van der Waals surface area contributed by atoms with Gasteiger partial charge in [-0.05, 0) is 57.4 Å². The first-order chi connectivity index (χ1) is 17.4. The molecule has 8 heteroatoms. The van der Waals surface area contributed by atoms with E-state index >= 15 is 0 Å². The van der Waals surface area contributed by atoms with Crippen LogP contribution in [0.25, 0.3) is 0 Å². The lowest BCUT2D eigenvalue weighted by molar-refractivity contribution is -0.130. The predicted octanol–water partition coefficient (Wildman–Crippen LogP) is 5.64. The highest BCUT2D eigenvalue weighted by molar-refractivity contribution is 5.79. The number of nitrogens with zero attached hydrogens (tertiary/aromatic N) is 4. The molecule has 2 aliphatic carbocycles. The van der Waals surface area contributed by atoms with Crippen LogP contribution in [0, 0.1) is 5.92 Å². The average molecular weight is 500 g/mol. The molecule has 2 aromatic rings. The van der Waals surface area contributed by atoms with Crippen molar-refractivity contribution in [1.82, 2.24) is 25.0 Å². The number of halogens is 2. The van der Waals surface area contributed by atoms with E-state index in [1.165, 1.54) is 25.1 Å². The molecule has 1 aromatic heterocycles. The third-order valence-corrected chi connectivity index (χ3v) is 8.72. The van der Waals surface area contributed by atoms with Gasteiger partial charge in [-0.3, -0.25) is 4.79 Å². The molecule has 0 spiro atoms. The Hall–Kier alpha value is -2.35. The van der Waals surface area contributed by atoms with Crippen molar-refractivity contribution in [2.24, 2.45) is 5.92 Å². The average Bonchev–Trinajstić information content (AvgIpc) is 3.32. The molecule has 2 atom stereocenters. The van der Waals surface area contributed by atoms with E-state index in [0.717, 1.165) is 37.9 Å². The monoisotopic (exact) mass is 499 g/mol. The second-order valence-electron chi connectivity index (χ2n) is 11.1. The van der Waals surface area contributed by atoms with Crippen molar-refractivity contribution < 1.29 is 13.6 Å². The van der Waals surface area contributed by atoms with Crippen LogP contribution in [0.5, 0.6) is 0 Å². The third kappa shape index (κ3) is 5.79.